The fourth-order valence-electron chi connectivity index (χ4n) is 5.87. The Hall–Kier alpha value is -2.66. The molecule has 29 heavy (non-hydrogen) atoms. The van der Waals surface area contributed by atoms with Gasteiger partial charge in [0.2, 0.25) is 0 Å². The minimum atomic E-state index is 0.627. The highest BCUT2D eigenvalue weighted by Crippen LogP contribution is 2.76. The third-order valence-electron chi connectivity index (χ3n) is 7.47. The molecule has 2 unspecified atom stereocenters. The molecule has 0 amide bonds. The van der Waals surface area contributed by atoms with Crippen molar-refractivity contribution < 1.29 is 4.74 Å². The van der Waals surface area contributed by atoms with Gasteiger partial charge in [0.25, 0.3) is 0 Å². The Kier molecular flexibility index (Phi) is 3.18. The van der Waals surface area contributed by atoms with Crippen LogP contribution in [-0.4, -0.2) is 16.0 Å². The largest absolute Gasteiger partial charge is 0.457 e. The van der Waals surface area contributed by atoms with Crippen LogP contribution in [0.25, 0.3) is 21.1 Å². The second-order valence-corrected chi connectivity index (χ2v) is 9.87. The van der Waals surface area contributed by atoms with Gasteiger partial charge in [-0.25, -0.2) is 4.98 Å². The number of rotatable bonds is 4. The molecule has 4 aromatic rings. The molecule has 0 aliphatic heterocycles. The smallest absolute Gasteiger partial charge is 0.184 e. The Morgan fingerprint density at radius 1 is 1.10 bits per heavy atom. The van der Waals surface area contributed by atoms with Crippen molar-refractivity contribution in [2.45, 2.75) is 31.7 Å². The molecule has 7 rings (SSSR count). The first-order valence-corrected chi connectivity index (χ1v) is 11.3. The number of nitrogens with zero attached hydrogens (tertiary/aromatic N) is 2. The Labute approximate surface area is 172 Å². The lowest BCUT2D eigenvalue weighted by molar-refractivity contribution is 0.155. The van der Waals surface area contributed by atoms with Gasteiger partial charge in [-0.1, -0.05) is 23.5 Å². The number of anilines is 1. The molecule has 1 N–H and O–H groups in total. The highest BCUT2D eigenvalue weighted by molar-refractivity contribution is 7.22. The molecule has 2 aromatic carbocycles. The van der Waals surface area contributed by atoms with Crippen molar-refractivity contribution in [1.29, 1.82) is 0 Å². The topological polar surface area (TPSA) is 47.0 Å². The summed E-state index contributed by atoms with van der Waals surface area (Å²) in [7, 11) is 0. The summed E-state index contributed by atoms with van der Waals surface area (Å²) in [5.74, 6) is 3.55. The van der Waals surface area contributed by atoms with Gasteiger partial charge in [-0.2, -0.15) is 0 Å². The van der Waals surface area contributed by atoms with Crippen molar-refractivity contribution in [1.82, 2.24) is 9.97 Å². The summed E-state index contributed by atoms with van der Waals surface area (Å²) < 4.78 is 7.38. The number of benzene rings is 2. The van der Waals surface area contributed by atoms with E-state index in [0.717, 1.165) is 55.0 Å². The van der Waals surface area contributed by atoms with E-state index in [1.807, 2.05) is 36.4 Å². The van der Waals surface area contributed by atoms with Crippen molar-refractivity contribution in [2.24, 2.45) is 17.3 Å². The summed E-state index contributed by atoms with van der Waals surface area (Å²) in [6.07, 6.45) is 7.48. The second kappa shape index (κ2) is 5.70. The van der Waals surface area contributed by atoms with Gasteiger partial charge in [0.05, 0.1) is 15.7 Å². The lowest BCUT2D eigenvalue weighted by atomic mass is 9.70. The Balaban J connectivity index is 1.16. The van der Waals surface area contributed by atoms with Gasteiger partial charge in [-0.15, -0.1) is 0 Å². The second-order valence-electron chi connectivity index (χ2n) is 8.84. The van der Waals surface area contributed by atoms with Gasteiger partial charge in [-0.05, 0) is 73.3 Å². The van der Waals surface area contributed by atoms with E-state index >= 15 is 0 Å². The van der Waals surface area contributed by atoms with Crippen LogP contribution in [0.2, 0.25) is 0 Å². The maximum absolute atomic E-state index is 6.22. The van der Waals surface area contributed by atoms with E-state index in [0.29, 0.717) is 6.04 Å². The van der Waals surface area contributed by atoms with Crippen LogP contribution in [0.5, 0.6) is 11.5 Å². The normalized spacial score (nSPS) is 29.3. The van der Waals surface area contributed by atoms with Crippen LogP contribution in [0.15, 0.2) is 54.7 Å². The first-order valence-electron chi connectivity index (χ1n) is 10.5. The molecule has 4 atom stereocenters. The molecule has 0 radical (unpaired) electrons. The molecular formula is C24H21N3OS. The molecule has 3 aliphatic carbocycles. The number of thiazole rings is 1. The third-order valence-corrected chi connectivity index (χ3v) is 8.42. The standard InChI is InChI=1S/C24H21N3OS/c1-2-4-18-16(3-1)21(8-10-25-18)28-15-5-6-19-22(12-15)29-23(26-19)27-20-11-14-13-24(14)9-7-17(20)24/h1-6,8,10,12,14,17,20H,7,9,11,13H2,(H,26,27)/t14?,17-,20+,24?/m0/s1. The Bertz CT molecular complexity index is 1260. The Morgan fingerprint density at radius 2 is 2.07 bits per heavy atom. The SMILES string of the molecule is c1ccc2c(Oc3ccc4nc(N[C@@H]5CC6CC67CC[C@@H]57)sc4c3)ccnc2c1. The molecule has 0 saturated heterocycles. The summed E-state index contributed by atoms with van der Waals surface area (Å²) in [5.41, 5.74) is 2.72. The minimum Gasteiger partial charge on any atom is -0.457 e. The number of aromatic nitrogens is 2. The molecule has 3 fully saturated rings. The van der Waals surface area contributed by atoms with E-state index in [4.69, 9.17) is 9.72 Å². The van der Waals surface area contributed by atoms with Gasteiger partial charge in [0.15, 0.2) is 5.13 Å². The lowest BCUT2D eigenvalue weighted by Crippen LogP contribution is -2.37. The van der Waals surface area contributed by atoms with Gasteiger partial charge in [0.1, 0.15) is 11.5 Å². The van der Waals surface area contributed by atoms with Crippen molar-refractivity contribution >= 4 is 37.6 Å². The lowest BCUT2D eigenvalue weighted by Gasteiger charge is -2.38. The van der Waals surface area contributed by atoms with E-state index in [1.54, 1.807) is 17.5 Å². The summed E-state index contributed by atoms with van der Waals surface area (Å²) in [4.78, 5) is 9.25. The highest BCUT2D eigenvalue weighted by atomic mass is 32.1. The molecule has 1 spiro atoms. The fraction of sp³-hybridized carbons (Fsp3) is 0.333. The van der Waals surface area contributed by atoms with E-state index in [9.17, 15) is 0 Å². The van der Waals surface area contributed by atoms with E-state index < -0.39 is 0 Å². The number of nitrogens with one attached hydrogen (secondary N) is 1. The van der Waals surface area contributed by atoms with Crippen molar-refractivity contribution in [3.8, 4) is 11.5 Å². The quantitative estimate of drug-likeness (QED) is 0.441. The van der Waals surface area contributed by atoms with Crippen LogP contribution in [0.1, 0.15) is 25.7 Å². The molecule has 3 aliphatic rings. The first kappa shape index (κ1) is 16.2. The van der Waals surface area contributed by atoms with Crippen molar-refractivity contribution in [3.05, 3.63) is 54.7 Å². The Morgan fingerprint density at radius 3 is 2.97 bits per heavy atom. The summed E-state index contributed by atoms with van der Waals surface area (Å²) >= 11 is 1.74. The predicted octanol–water partition coefficient (Wildman–Crippen LogP) is 6.24. The van der Waals surface area contributed by atoms with Gasteiger partial charge < -0.3 is 10.1 Å². The van der Waals surface area contributed by atoms with Crippen molar-refractivity contribution in [2.75, 3.05) is 5.32 Å². The van der Waals surface area contributed by atoms with E-state index in [1.165, 1.54) is 25.7 Å². The molecule has 0 bridgehead atoms. The van der Waals surface area contributed by atoms with E-state index in [2.05, 4.69) is 22.4 Å². The first-order chi connectivity index (χ1) is 14.3. The van der Waals surface area contributed by atoms with Crippen LogP contribution >= 0.6 is 11.3 Å². The monoisotopic (exact) mass is 399 g/mol. The highest BCUT2D eigenvalue weighted by Gasteiger charge is 2.70. The molecule has 2 heterocycles. The van der Waals surface area contributed by atoms with Crippen LogP contribution in [0.3, 0.4) is 0 Å². The van der Waals surface area contributed by atoms with Gasteiger partial charge >= 0.3 is 0 Å². The molecule has 2 aromatic heterocycles. The van der Waals surface area contributed by atoms with Crippen LogP contribution in [0, 0.1) is 17.3 Å². The number of pyridine rings is 1. The maximum atomic E-state index is 6.22. The van der Waals surface area contributed by atoms with E-state index in [-0.39, 0.29) is 0 Å². The number of para-hydroxylation sites is 1. The summed E-state index contributed by atoms with van der Waals surface area (Å²) in [5, 5.41) is 5.85. The zero-order chi connectivity index (χ0) is 19.0. The summed E-state index contributed by atoms with van der Waals surface area (Å²) in [6.45, 7) is 0. The molecular weight excluding hydrogens is 378 g/mol. The number of fused-ring (bicyclic) bond motifs is 2. The molecule has 5 heteroatoms. The molecule has 144 valence electrons. The average Bonchev–Trinajstić information content (AvgIpc) is 3.26. The fourth-order valence-corrected chi connectivity index (χ4v) is 6.82. The maximum Gasteiger partial charge on any atom is 0.184 e. The van der Waals surface area contributed by atoms with Crippen LogP contribution < -0.4 is 10.1 Å². The molecule has 4 nitrogen and oxygen atoms in total. The van der Waals surface area contributed by atoms with Crippen LogP contribution in [-0.2, 0) is 0 Å². The van der Waals surface area contributed by atoms with Gasteiger partial charge in [0, 0.05) is 23.7 Å². The summed E-state index contributed by atoms with van der Waals surface area (Å²) in [6, 6.07) is 16.8. The average molecular weight is 400 g/mol. The molecule has 3 saturated carbocycles. The number of hydrogen-bond donors (Lipinski definition) is 1. The van der Waals surface area contributed by atoms with Crippen LogP contribution in [0.4, 0.5) is 5.13 Å². The van der Waals surface area contributed by atoms with Crippen molar-refractivity contribution in [3.63, 3.8) is 0 Å². The van der Waals surface area contributed by atoms with Gasteiger partial charge in [-0.3, -0.25) is 4.98 Å². The third kappa shape index (κ3) is 2.37. The zero-order valence-corrected chi connectivity index (χ0v) is 16.8. The number of hydrogen-bond acceptors (Lipinski definition) is 5. The zero-order valence-electron chi connectivity index (χ0n) is 16.0. The number of ether oxygens (including phenoxy) is 1. The minimum absolute atomic E-state index is 0.627. The predicted molar refractivity (Wildman–Crippen MR) is 117 cm³/mol.